The molecule has 1 saturated heterocycles. The molecule has 0 aromatic heterocycles. The summed E-state index contributed by atoms with van der Waals surface area (Å²) in [6, 6.07) is 15.7. The van der Waals surface area contributed by atoms with Crippen molar-refractivity contribution in [2.45, 2.75) is 36.3 Å². The molecule has 4 nitrogen and oxygen atoms in total. The molecule has 0 saturated carbocycles. The molecule has 29 heavy (non-hydrogen) atoms. The van der Waals surface area contributed by atoms with Gasteiger partial charge in [-0.15, -0.1) is 11.8 Å². The number of hydrogen-bond acceptors (Lipinski definition) is 4. The molecule has 2 heterocycles. The van der Waals surface area contributed by atoms with Gasteiger partial charge in [0, 0.05) is 37.0 Å². The minimum absolute atomic E-state index is 0.256. The molecule has 1 fully saturated rings. The lowest BCUT2D eigenvalue weighted by Gasteiger charge is -2.33. The first-order chi connectivity index (χ1) is 14.2. The van der Waals surface area contributed by atoms with Gasteiger partial charge in [-0.2, -0.15) is 0 Å². The summed E-state index contributed by atoms with van der Waals surface area (Å²) >= 11 is 1.79. The molecule has 0 aliphatic carbocycles. The molecule has 0 amide bonds. The number of likely N-dealkylation sites (tertiary alicyclic amines) is 1. The van der Waals surface area contributed by atoms with Crippen molar-refractivity contribution in [1.29, 1.82) is 0 Å². The highest BCUT2D eigenvalue weighted by Crippen LogP contribution is 2.36. The SMILES string of the molecule is [C-]#[N+]CN1CCC(Oc2ccc3c(c2)CN(C)CC3c2ccc(SC)cc2)CC1. The summed E-state index contributed by atoms with van der Waals surface area (Å²) in [7, 11) is 2.20. The lowest BCUT2D eigenvalue weighted by atomic mass is 9.85. The van der Waals surface area contributed by atoms with E-state index in [2.05, 4.69) is 70.4 Å². The minimum atomic E-state index is 0.256. The average Bonchev–Trinajstić information content (AvgIpc) is 2.74. The summed E-state index contributed by atoms with van der Waals surface area (Å²) in [5.74, 6) is 1.39. The largest absolute Gasteiger partial charge is 0.490 e. The standard InChI is InChI=1S/C24H29N3OS/c1-25-17-27-12-10-20(11-13-27)28-21-6-9-23-19(14-21)15-26(2)16-24(23)18-4-7-22(29-3)8-5-18/h4-9,14,20,24H,10-13,15-17H2,2-3H3. The third kappa shape index (κ3) is 4.78. The Hall–Kier alpha value is -2.00. The van der Waals surface area contributed by atoms with Gasteiger partial charge in [0.15, 0.2) is 0 Å². The maximum atomic E-state index is 7.02. The normalized spacial score (nSPS) is 20.8. The average molecular weight is 408 g/mol. The van der Waals surface area contributed by atoms with Gasteiger partial charge in [-0.05, 0) is 67.1 Å². The van der Waals surface area contributed by atoms with Gasteiger partial charge in [0.2, 0.25) is 0 Å². The smallest absolute Gasteiger partial charge is 0.270 e. The molecule has 0 radical (unpaired) electrons. The first-order valence-corrected chi connectivity index (χ1v) is 11.6. The first-order valence-electron chi connectivity index (χ1n) is 10.3. The van der Waals surface area contributed by atoms with Crippen molar-refractivity contribution in [3.63, 3.8) is 0 Å². The minimum Gasteiger partial charge on any atom is -0.490 e. The van der Waals surface area contributed by atoms with Crippen LogP contribution >= 0.6 is 11.8 Å². The van der Waals surface area contributed by atoms with E-state index >= 15 is 0 Å². The molecule has 0 spiro atoms. The van der Waals surface area contributed by atoms with Crippen molar-refractivity contribution in [2.24, 2.45) is 0 Å². The molecular formula is C24H29N3OS. The van der Waals surface area contributed by atoms with E-state index in [1.165, 1.54) is 21.6 Å². The lowest BCUT2D eigenvalue weighted by Crippen LogP contribution is -2.38. The maximum Gasteiger partial charge on any atom is 0.270 e. The van der Waals surface area contributed by atoms with Gasteiger partial charge in [0.05, 0.1) is 0 Å². The van der Waals surface area contributed by atoms with E-state index < -0.39 is 0 Å². The predicted molar refractivity (Wildman–Crippen MR) is 120 cm³/mol. The van der Waals surface area contributed by atoms with Gasteiger partial charge >= 0.3 is 0 Å². The van der Waals surface area contributed by atoms with E-state index in [-0.39, 0.29) is 6.10 Å². The number of hydrogen-bond donors (Lipinski definition) is 0. The number of piperidine rings is 1. The van der Waals surface area contributed by atoms with Crippen molar-refractivity contribution < 1.29 is 4.74 Å². The Morgan fingerprint density at radius 3 is 2.59 bits per heavy atom. The Labute approximate surface area is 178 Å². The van der Waals surface area contributed by atoms with Crippen LogP contribution in [0, 0.1) is 6.57 Å². The Bertz CT molecular complexity index is 869. The van der Waals surface area contributed by atoms with Crippen molar-refractivity contribution in [3.05, 3.63) is 70.6 Å². The van der Waals surface area contributed by atoms with Crippen LogP contribution in [0.1, 0.15) is 35.4 Å². The highest BCUT2D eigenvalue weighted by atomic mass is 32.2. The van der Waals surface area contributed by atoms with E-state index in [0.717, 1.165) is 44.8 Å². The molecule has 2 aliphatic heterocycles. The van der Waals surface area contributed by atoms with Crippen molar-refractivity contribution in [2.75, 3.05) is 39.6 Å². The van der Waals surface area contributed by atoms with Gasteiger partial charge in [-0.3, -0.25) is 4.85 Å². The highest BCUT2D eigenvalue weighted by Gasteiger charge is 2.26. The zero-order chi connectivity index (χ0) is 20.2. The molecule has 2 aliphatic rings. The van der Waals surface area contributed by atoms with E-state index in [1.54, 1.807) is 11.8 Å². The van der Waals surface area contributed by atoms with E-state index in [1.807, 2.05) is 0 Å². The summed E-state index contributed by atoms with van der Waals surface area (Å²) < 4.78 is 6.33. The topological polar surface area (TPSA) is 20.1 Å². The Morgan fingerprint density at radius 2 is 1.90 bits per heavy atom. The van der Waals surface area contributed by atoms with Crippen LogP contribution in [0.5, 0.6) is 5.75 Å². The number of fused-ring (bicyclic) bond motifs is 1. The zero-order valence-corrected chi connectivity index (χ0v) is 18.1. The van der Waals surface area contributed by atoms with Gasteiger partial charge < -0.3 is 9.64 Å². The van der Waals surface area contributed by atoms with Gasteiger partial charge in [-0.25, -0.2) is 11.5 Å². The van der Waals surface area contributed by atoms with Crippen LogP contribution < -0.4 is 4.74 Å². The molecule has 2 aromatic rings. The third-order valence-electron chi connectivity index (χ3n) is 6.05. The fourth-order valence-corrected chi connectivity index (χ4v) is 4.89. The summed E-state index contributed by atoms with van der Waals surface area (Å²) in [4.78, 5) is 9.42. The van der Waals surface area contributed by atoms with E-state index in [9.17, 15) is 0 Å². The number of likely N-dealkylation sites (N-methyl/N-ethyl adjacent to an activating group) is 1. The van der Waals surface area contributed by atoms with Crippen LogP contribution in [0.2, 0.25) is 0 Å². The van der Waals surface area contributed by atoms with Crippen LogP contribution in [-0.4, -0.2) is 55.5 Å². The molecule has 0 N–H and O–H groups in total. The second-order valence-electron chi connectivity index (χ2n) is 8.12. The Balaban J connectivity index is 1.49. The van der Waals surface area contributed by atoms with E-state index in [4.69, 9.17) is 11.3 Å². The fourth-order valence-electron chi connectivity index (χ4n) is 4.48. The van der Waals surface area contributed by atoms with E-state index in [0.29, 0.717) is 12.6 Å². The van der Waals surface area contributed by atoms with Crippen molar-refractivity contribution in [1.82, 2.24) is 9.80 Å². The summed E-state index contributed by atoms with van der Waals surface area (Å²) in [5, 5.41) is 0. The number of rotatable bonds is 5. The molecule has 0 bridgehead atoms. The molecular weight excluding hydrogens is 378 g/mol. The summed E-state index contributed by atoms with van der Waals surface area (Å²) in [5.41, 5.74) is 4.19. The fraction of sp³-hybridized carbons (Fsp3) is 0.458. The Morgan fingerprint density at radius 1 is 1.14 bits per heavy atom. The third-order valence-corrected chi connectivity index (χ3v) is 6.79. The van der Waals surface area contributed by atoms with Crippen molar-refractivity contribution in [3.8, 4) is 5.75 Å². The number of thioether (sulfide) groups is 1. The maximum absolute atomic E-state index is 7.02. The number of benzene rings is 2. The molecule has 4 rings (SSSR count). The number of nitrogens with zero attached hydrogens (tertiary/aromatic N) is 3. The predicted octanol–water partition coefficient (Wildman–Crippen LogP) is 4.71. The van der Waals surface area contributed by atoms with Crippen LogP contribution in [0.25, 0.3) is 4.85 Å². The van der Waals surface area contributed by atoms with Crippen LogP contribution in [0.4, 0.5) is 0 Å². The second kappa shape index (κ2) is 9.21. The van der Waals surface area contributed by atoms with Crippen LogP contribution in [0.15, 0.2) is 47.4 Å². The molecule has 1 unspecified atom stereocenters. The van der Waals surface area contributed by atoms with Crippen LogP contribution in [-0.2, 0) is 6.54 Å². The van der Waals surface area contributed by atoms with Crippen molar-refractivity contribution >= 4 is 11.8 Å². The zero-order valence-electron chi connectivity index (χ0n) is 17.3. The molecule has 1 atom stereocenters. The molecule has 2 aromatic carbocycles. The number of ether oxygens (including phenoxy) is 1. The molecule has 152 valence electrons. The first kappa shape index (κ1) is 20.3. The second-order valence-corrected chi connectivity index (χ2v) is 9.00. The quantitative estimate of drug-likeness (QED) is 0.528. The Kier molecular flexibility index (Phi) is 6.44. The van der Waals surface area contributed by atoms with Crippen LogP contribution in [0.3, 0.4) is 0 Å². The van der Waals surface area contributed by atoms with Gasteiger partial charge in [0.25, 0.3) is 6.67 Å². The molecule has 5 heteroatoms. The van der Waals surface area contributed by atoms with Gasteiger partial charge in [-0.1, -0.05) is 18.2 Å². The van der Waals surface area contributed by atoms with Gasteiger partial charge in [0.1, 0.15) is 11.9 Å². The summed E-state index contributed by atoms with van der Waals surface area (Å²) in [6.07, 6.45) is 4.37. The monoisotopic (exact) mass is 407 g/mol. The summed E-state index contributed by atoms with van der Waals surface area (Å²) in [6.45, 7) is 11.5. The lowest BCUT2D eigenvalue weighted by molar-refractivity contribution is 0.106. The highest BCUT2D eigenvalue weighted by molar-refractivity contribution is 7.98.